The van der Waals surface area contributed by atoms with E-state index in [4.69, 9.17) is 5.73 Å². The fourth-order valence-corrected chi connectivity index (χ4v) is 2.53. The Labute approximate surface area is 89.9 Å². The van der Waals surface area contributed by atoms with Crippen LogP contribution in [0.4, 0.5) is 0 Å². The lowest BCUT2D eigenvalue weighted by Gasteiger charge is -2.32. The molecular formula is C8H17N3O3S. The Hall–Kier alpha value is -0.660. The van der Waals surface area contributed by atoms with Crippen LogP contribution in [-0.4, -0.2) is 51.2 Å². The van der Waals surface area contributed by atoms with Crippen molar-refractivity contribution in [3.05, 3.63) is 0 Å². The number of nitrogens with zero attached hydrogens (tertiary/aromatic N) is 1. The maximum absolute atomic E-state index is 11.3. The van der Waals surface area contributed by atoms with E-state index in [0.29, 0.717) is 13.1 Å². The van der Waals surface area contributed by atoms with Crippen LogP contribution in [0.15, 0.2) is 0 Å². The van der Waals surface area contributed by atoms with Crippen LogP contribution in [0.2, 0.25) is 0 Å². The third kappa shape index (κ3) is 4.15. The van der Waals surface area contributed by atoms with Crippen LogP contribution in [0.5, 0.6) is 0 Å². The number of carbonyl (C=O) groups is 1. The molecule has 6 nitrogen and oxygen atoms in total. The molecule has 3 N–H and O–H groups in total. The van der Waals surface area contributed by atoms with Gasteiger partial charge in [0.15, 0.2) is 0 Å². The summed E-state index contributed by atoms with van der Waals surface area (Å²) in [5.74, 6) is -0.130. The van der Waals surface area contributed by atoms with E-state index in [1.807, 2.05) is 0 Å². The van der Waals surface area contributed by atoms with E-state index < -0.39 is 10.0 Å². The predicted octanol–water partition coefficient (Wildman–Crippen LogP) is -1.51. The Kier molecular flexibility index (Phi) is 4.06. The average Bonchev–Trinajstić information content (AvgIpc) is 2.14. The summed E-state index contributed by atoms with van der Waals surface area (Å²) < 4.78 is 24.5. The molecule has 1 unspecified atom stereocenters. The number of hydrogen-bond acceptors (Lipinski definition) is 4. The van der Waals surface area contributed by atoms with Crippen LogP contribution < -0.4 is 10.5 Å². The second-order valence-electron chi connectivity index (χ2n) is 3.77. The van der Waals surface area contributed by atoms with E-state index in [2.05, 4.69) is 4.72 Å². The normalized spacial score (nSPS) is 22.8. The van der Waals surface area contributed by atoms with Gasteiger partial charge < -0.3 is 10.6 Å². The lowest BCUT2D eigenvalue weighted by Crippen LogP contribution is -2.50. The second kappa shape index (κ2) is 4.91. The van der Waals surface area contributed by atoms with E-state index in [-0.39, 0.29) is 18.5 Å². The van der Waals surface area contributed by atoms with Gasteiger partial charge in [-0.3, -0.25) is 4.79 Å². The molecule has 0 aromatic heterocycles. The number of rotatable bonds is 3. The molecule has 1 aliphatic heterocycles. The highest BCUT2D eigenvalue weighted by Crippen LogP contribution is 2.10. The number of nitrogens with two attached hydrogens (primary N) is 1. The number of sulfonamides is 1. The molecule has 0 aromatic rings. The van der Waals surface area contributed by atoms with E-state index in [1.165, 1.54) is 0 Å². The highest BCUT2D eigenvalue weighted by Gasteiger charge is 2.24. The van der Waals surface area contributed by atoms with Gasteiger partial charge in [0, 0.05) is 19.1 Å². The number of amides is 1. The first-order chi connectivity index (χ1) is 6.92. The molecule has 0 aromatic carbocycles. The molecule has 0 aliphatic carbocycles. The molecule has 7 heteroatoms. The Balaban J connectivity index is 2.53. The van der Waals surface area contributed by atoms with Crippen molar-refractivity contribution in [2.45, 2.75) is 18.9 Å². The summed E-state index contributed by atoms with van der Waals surface area (Å²) in [5.41, 5.74) is 5.25. The minimum absolute atomic E-state index is 0.0222. The maximum atomic E-state index is 11.3. The molecule has 1 saturated heterocycles. The van der Waals surface area contributed by atoms with Crippen LogP contribution in [0, 0.1) is 0 Å². The summed E-state index contributed by atoms with van der Waals surface area (Å²) in [6, 6.07) is -0.177. The van der Waals surface area contributed by atoms with Gasteiger partial charge in [-0.25, -0.2) is 13.1 Å². The van der Waals surface area contributed by atoms with Gasteiger partial charge in [0.2, 0.25) is 15.9 Å². The van der Waals surface area contributed by atoms with Gasteiger partial charge in [0.25, 0.3) is 0 Å². The quantitative estimate of drug-likeness (QED) is 0.621. The first kappa shape index (κ1) is 12.4. The minimum atomic E-state index is -3.20. The molecule has 1 atom stereocenters. The van der Waals surface area contributed by atoms with Crippen molar-refractivity contribution in [1.82, 2.24) is 9.62 Å². The zero-order valence-electron chi connectivity index (χ0n) is 8.77. The number of nitrogens with one attached hydrogen (secondary N) is 1. The van der Waals surface area contributed by atoms with Gasteiger partial charge in [0.05, 0.1) is 12.8 Å². The first-order valence-electron chi connectivity index (χ1n) is 4.87. The van der Waals surface area contributed by atoms with Crippen LogP contribution in [0.25, 0.3) is 0 Å². The summed E-state index contributed by atoms with van der Waals surface area (Å²) in [5, 5.41) is 0. The molecule has 88 valence electrons. The van der Waals surface area contributed by atoms with Crippen LogP contribution in [-0.2, 0) is 14.8 Å². The smallest absolute Gasteiger partial charge is 0.236 e. The molecule has 0 saturated carbocycles. The van der Waals surface area contributed by atoms with Crippen molar-refractivity contribution in [3.63, 3.8) is 0 Å². The highest BCUT2D eigenvalue weighted by molar-refractivity contribution is 7.88. The molecule has 1 rings (SSSR count). The fourth-order valence-electron chi connectivity index (χ4n) is 1.73. The van der Waals surface area contributed by atoms with E-state index in [9.17, 15) is 13.2 Å². The number of piperidine rings is 1. The topological polar surface area (TPSA) is 92.5 Å². The summed E-state index contributed by atoms with van der Waals surface area (Å²) in [6.07, 6.45) is 2.69. The summed E-state index contributed by atoms with van der Waals surface area (Å²) >= 11 is 0. The van der Waals surface area contributed by atoms with Gasteiger partial charge in [0.1, 0.15) is 0 Å². The average molecular weight is 235 g/mol. The predicted molar refractivity (Wildman–Crippen MR) is 56.6 cm³/mol. The molecule has 15 heavy (non-hydrogen) atoms. The highest BCUT2D eigenvalue weighted by atomic mass is 32.2. The van der Waals surface area contributed by atoms with Crippen molar-refractivity contribution < 1.29 is 13.2 Å². The van der Waals surface area contributed by atoms with Crippen LogP contribution >= 0.6 is 0 Å². The zero-order valence-corrected chi connectivity index (χ0v) is 9.59. The molecule has 1 aliphatic rings. The largest absolute Gasteiger partial charge is 0.340 e. The van der Waals surface area contributed by atoms with Crippen molar-refractivity contribution in [2.75, 3.05) is 25.9 Å². The Morgan fingerprint density at radius 3 is 2.80 bits per heavy atom. The van der Waals surface area contributed by atoms with Crippen molar-refractivity contribution >= 4 is 15.9 Å². The first-order valence-corrected chi connectivity index (χ1v) is 6.76. The SMILES string of the molecule is CS(=O)(=O)NC1CCCN(C(=O)CN)C1. The Morgan fingerprint density at radius 1 is 1.60 bits per heavy atom. The van der Waals surface area contributed by atoms with Gasteiger partial charge in [-0.15, -0.1) is 0 Å². The lowest BCUT2D eigenvalue weighted by atomic mass is 10.1. The summed E-state index contributed by atoms with van der Waals surface area (Å²) in [7, 11) is -3.20. The standard InChI is InChI=1S/C8H17N3O3S/c1-15(13,14)10-7-3-2-4-11(6-7)8(12)5-9/h7,10H,2-6,9H2,1H3. The Morgan fingerprint density at radius 2 is 2.27 bits per heavy atom. The number of hydrogen-bond donors (Lipinski definition) is 2. The third-order valence-corrected chi connectivity index (χ3v) is 3.09. The fraction of sp³-hybridized carbons (Fsp3) is 0.875. The van der Waals surface area contributed by atoms with Crippen LogP contribution in [0.3, 0.4) is 0 Å². The molecule has 1 amide bonds. The molecule has 1 heterocycles. The van der Waals surface area contributed by atoms with Crippen molar-refractivity contribution in [2.24, 2.45) is 5.73 Å². The zero-order chi connectivity index (χ0) is 11.5. The van der Waals surface area contributed by atoms with Gasteiger partial charge in [-0.1, -0.05) is 0 Å². The molecular weight excluding hydrogens is 218 g/mol. The van der Waals surface area contributed by atoms with E-state index in [1.54, 1.807) is 4.90 Å². The Bertz CT molecular complexity index is 328. The maximum Gasteiger partial charge on any atom is 0.236 e. The monoisotopic (exact) mass is 235 g/mol. The number of likely N-dealkylation sites (tertiary alicyclic amines) is 1. The summed E-state index contributed by atoms with van der Waals surface area (Å²) in [4.78, 5) is 12.9. The molecule has 0 radical (unpaired) electrons. The molecule has 0 spiro atoms. The summed E-state index contributed by atoms with van der Waals surface area (Å²) in [6.45, 7) is 1.06. The molecule has 1 fully saturated rings. The van der Waals surface area contributed by atoms with Gasteiger partial charge in [-0.05, 0) is 12.8 Å². The van der Waals surface area contributed by atoms with Gasteiger partial charge in [-0.2, -0.15) is 0 Å². The van der Waals surface area contributed by atoms with Gasteiger partial charge >= 0.3 is 0 Å². The van der Waals surface area contributed by atoms with Crippen molar-refractivity contribution in [1.29, 1.82) is 0 Å². The van der Waals surface area contributed by atoms with Crippen LogP contribution in [0.1, 0.15) is 12.8 Å². The molecule has 0 bridgehead atoms. The second-order valence-corrected chi connectivity index (χ2v) is 5.55. The third-order valence-electron chi connectivity index (χ3n) is 2.33. The lowest BCUT2D eigenvalue weighted by molar-refractivity contribution is -0.130. The minimum Gasteiger partial charge on any atom is -0.340 e. The number of carbonyl (C=O) groups excluding carboxylic acids is 1. The van der Waals surface area contributed by atoms with E-state index >= 15 is 0 Å². The van der Waals surface area contributed by atoms with Crippen molar-refractivity contribution in [3.8, 4) is 0 Å². The van der Waals surface area contributed by atoms with E-state index in [0.717, 1.165) is 19.1 Å².